The molecule has 12 heteroatoms. The Morgan fingerprint density at radius 1 is 1.11 bits per heavy atom. The monoisotopic (exact) mass is 525 g/mol. The van der Waals surface area contributed by atoms with Crippen molar-refractivity contribution in [2.24, 2.45) is 0 Å². The molecule has 5 rings (SSSR count). The molecule has 2 aliphatic heterocycles. The quantitative estimate of drug-likeness (QED) is 0.550. The average molecular weight is 526 g/mol. The van der Waals surface area contributed by atoms with Gasteiger partial charge in [0.1, 0.15) is 17.3 Å². The van der Waals surface area contributed by atoms with Gasteiger partial charge in [-0.1, -0.05) is 0 Å². The molecular weight excluding hydrogens is 494 g/mol. The van der Waals surface area contributed by atoms with Crippen molar-refractivity contribution in [3.05, 3.63) is 41.3 Å². The standard InChI is InChI=1S/C25H31N7O4S/c1-30-6-8-31(9-7-30)10-11-32-16-19-23(29-32)21(33)3-2-12-35-13-14-36-22-15-18(4-5-26-22)25-28-20(17-37-25)24(34)27-19/h4-5,15-17H,2-3,6-14H2,1H3,(H,27,34). The molecule has 0 spiro atoms. The van der Waals surface area contributed by atoms with Gasteiger partial charge in [0.25, 0.3) is 5.91 Å². The van der Waals surface area contributed by atoms with E-state index in [-0.39, 0.29) is 29.5 Å². The smallest absolute Gasteiger partial charge is 0.275 e. The Morgan fingerprint density at radius 2 is 1.97 bits per heavy atom. The third-order valence-corrected chi connectivity index (χ3v) is 7.30. The number of amides is 1. The van der Waals surface area contributed by atoms with E-state index in [0.717, 1.165) is 38.3 Å². The second kappa shape index (κ2) is 11.9. The molecule has 0 aliphatic carbocycles. The second-order valence-electron chi connectivity index (χ2n) is 9.16. The lowest BCUT2D eigenvalue weighted by atomic mass is 10.1. The summed E-state index contributed by atoms with van der Waals surface area (Å²) in [6.45, 7) is 6.70. The summed E-state index contributed by atoms with van der Waals surface area (Å²) in [6.07, 6.45) is 4.21. The van der Waals surface area contributed by atoms with Crippen molar-refractivity contribution >= 4 is 28.7 Å². The van der Waals surface area contributed by atoms with Gasteiger partial charge in [0.2, 0.25) is 5.88 Å². The third-order valence-electron chi connectivity index (χ3n) is 6.40. The number of nitrogens with zero attached hydrogens (tertiary/aromatic N) is 6. The number of likely N-dealkylation sites (N-methyl/N-ethyl adjacent to an activating group) is 1. The SMILES string of the molecule is CN1CCN(CCn2cc3c(n2)C(=O)CCCOCCOc2cc(ccn2)-c2nc(cs2)C(=O)N3)CC1. The number of thiazole rings is 1. The molecule has 1 saturated heterocycles. The van der Waals surface area contributed by atoms with Gasteiger partial charge in [-0.05, 0) is 19.5 Å². The zero-order chi connectivity index (χ0) is 25.6. The van der Waals surface area contributed by atoms with Gasteiger partial charge in [0, 0.05) is 75.2 Å². The zero-order valence-corrected chi connectivity index (χ0v) is 21.7. The van der Waals surface area contributed by atoms with Crippen LogP contribution in [0.4, 0.5) is 5.69 Å². The van der Waals surface area contributed by atoms with Crippen LogP contribution in [0, 0.1) is 0 Å². The van der Waals surface area contributed by atoms with E-state index in [1.165, 1.54) is 11.3 Å². The largest absolute Gasteiger partial charge is 0.475 e. The second-order valence-corrected chi connectivity index (χ2v) is 10.0. The molecule has 5 heterocycles. The van der Waals surface area contributed by atoms with Crippen LogP contribution < -0.4 is 10.1 Å². The van der Waals surface area contributed by atoms with Gasteiger partial charge in [-0.3, -0.25) is 19.2 Å². The normalized spacial score (nSPS) is 18.4. The number of aromatic nitrogens is 4. The van der Waals surface area contributed by atoms with E-state index in [1.807, 2.05) is 6.07 Å². The molecule has 196 valence electrons. The summed E-state index contributed by atoms with van der Waals surface area (Å²) in [5, 5.41) is 9.81. The van der Waals surface area contributed by atoms with Crippen molar-refractivity contribution in [3.8, 4) is 16.5 Å². The minimum atomic E-state index is -0.384. The Kier molecular flexibility index (Phi) is 8.19. The first-order valence-corrected chi connectivity index (χ1v) is 13.4. The van der Waals surface area contributed by atoms with Gasteiger partial charge in [-0.15, -0.1) is 11.3 Å². The van der Waals surface area contributed by atoms with Crippen molar-refractivity contribution in [1.29, 1.82) is 0 Å². The lowest BCUT2D eigenvalue weighted by Crippen LogP contribution is -2.45. The van der Waals surface area contributed by atoms with Crippen LogP contribution >= 0.6 is 11.3 Å². The number of Topliss-reactive ketones (excluding diaryl/α,β-unsaturated/α-hetero) is 1. The number of carbonyl (C=O) groups excluding carboxylic acids is 2. The number of hydrogen-bond donors (Lipinski definition) is 1. The van der Waals surface area contributed by atoms with Crippen LogP contribution in [0.3, 0.4) is 0 Å². The van der Waals surface area contributed by atoms with Crippen LogP contribution in [-0.2, 0) is 11.3 Å². The van der Waals surface area contributed by atoms with Gasteiger partial charge in [0.15, 0.2) is 11.5 Å². The highest BCUT2D eigenvalue weighted by Crippen LogP contribution is 2.27. The lowest BCUT2D eigenvalue weighted by Gasteiger charge is -2.32. The fraction of sp³-hybridized carbons (Fsp3) is 0.480. The Morgan fingerprint density at radius 3 is 2.84 bits per heavy atom. The molecule has 0 radical (unpaired) electrons. The highest BCUT2D eigenvalue weighted by molar-refractivity contribution is 7.13. The Labute approximate surface area is 219 Å². The summed E-state index contributed by atoms with van der Waals surface area (Å²) in [5.41, 5.74) is 1.76. The molecule has 4 bridgehead atoms. The van der Waals surface area contributed by atoms with E-state index in [2.05, 4.69) is 37.2 Å². The molecule has 0 aromatic carbocycles. The topological polar surface area (TPSA) is 115 Å². The molecular formula is C25H31N7O4S. The number of carbonyl (C=O) groups is 2. The molecule has 3 aromatic rings. The summed E-state index contributed by atoms with van der Waals surface area (Å²) in [6, 6.07) is 3.62. The fourth-order valence-corrected chi connectivity index (χ4v) is 5.02. The molecule has 2 aliphatic rings. The average Bonchev–Trinajstić information content (AvgIpc) is 3.55. The maximum absolute atomic E-state index is 13.1. The Hall–Kier alpha value is -3.19. The van der Waals surface area contributed by atoms with Crippen LogP contribution in [0.5, 0.6) is 5.88 Å². The van der Waals surface area contributed by atoms with E-state index in [4.69, 9.17) is 9.47 Å². The van der Waals surface area contributed by atoms with Gasteiger partial charge in [0.05, 0.1) is 18.8 Å². The number of ketones is 1. The van der Waals surface area contributed by atoms with E-state index >= 15 is 0 Å². The number of hydrogen-bond acceptors (Lipinski definition) is 10. The number of pyridine rings is 1. The van der Waals surface area contributed by atoms with E-state index in [9.17, 15) is 9.59 Å². The first-order valence-electron chi connectivity index (χ1n) is 12.5. The summed E-state index contributed by atoms with van der Waals surface area (Å²) in [4.78, 5) is 39.6. The van der Waals surface area contributed by atoms with Crippen molar-refractivity contribution in [2.75, 3.05) is 64.9 Å². The number of piperazine rings is 1. The number of ether oxygens (including phenoxy) is 2. The molecule has 37 heavy (non-hydrogen) atoms. The van der Waals surface area contributed by atoms with Crippen molar-refractivity contribution in [1.82, 2.24) is 29.5 Å². The first-order chi connectivity index (χ1) is 18.0. The Balaban J connectivity index is 1.36. The minimum Gasteiger partial charge on any atom is -0.475 e. The van der Waals surface area contributed by atoms with Crippen LogP contribution in [0.25, 0.3) is 10.6 Å². The molecule has 11 nitrogen and oxygen atoms in total. The van der Waals surface area contributed by atoms with E-state index in [0.29, 0.717) is 49.4 Å². The van der Waals surface area contributed by atoms with E-state index < -0.39 is 0 Å². The summed E-state index contributed by atoms with van der Waals surface area (Å²) < 4.78 is 13.1. The predicted molar refractivity (Wildman–Crippen MR) is 139 cm³/mol. The molecule has 0 saturated carbocycles. The first kappa shape index (κ1) is 25.5. The van der Waals surface area contributed by atoms with Crippen LogP contribution in [0.1, 0.15) is 33.8 Å². The molecule has 0 atom stereocenters. The molecule has 1 amide bonds. The van der Waals surface area contributed by atoms with Crippen LogP contribution in [0.15, 0.2) is 29.9 Å². The van der Waals surface area contributed by atoms with Gasteiger partial charge >= 0.3 is 0 Å². The summed E-state index contributed by atoms with van der Waals surface area (Å²) >= 11 is 1.36. The van der Waals surface area contributed by atoms with Crippen molar-refractivity contribution in [3.63, 3.8) is 0 Å². The maximum Gasteiger partial charge on any atom is 0.275 e. The Bertz CT molecular complexity index is 1240. The molecule has 1 N–H and O–H groups in total. The van der Waals surface area contributed by atoms with Crippen LogP contribution in [0.2, 0.25) is 0 Å². The lowest BCUT2D eigenvalue weighted by molar-refractivity contribution is 0.0861. The highest BCUT2D eigenvalue weighted by Gasteiger charge is 2.22. The number of fused-ring (bicyclic) bond motifs is 6. The van der Waals surface area contributed by atoms with Gasteiger partial charge < -0.3 is 19.7 Å². The van der Waals surface area contributed by atoms with Crippen molar-refractivity contribution in [2.45, 2.75) is 19.4 Å². The molecule has 0 unspecified atom stereocenters. The molecule has 3 aromatic heterocycles. The van der Waals surface area contributed by atoms with Gasteiger partial charge in [-0.2, -0.15) is 5.10 Å². The fourth-order valence-electron chi connectivity index (χ4n) is 4.23. The number of anilines is 1. The van der Waals surface area contributed by atoms with Gasteiger partial charge in [-0.25, -0.2) is 9.97 Å². The number of rotatable bonds is 3. The maximum atomic E-state index is 13.1. The highest BCUT2D eigenvalue weighted by atomic mass is 32.1. The van der Waals surface area contributed by atoms with E-state index in [1.54, 1.807) is 28.5 Å². The summed E-state index contributed by atoms with van der Waals surface area (Å²) in [7, 11) is 2.13. The van der Waals surface area contributed by atoms with Crippen molar-refractivity contribution < 1.29 is 19.1 Å². The van der Waals surface area contributed by atoms with Crippen LogP contribution in [-0.4, -0.2) is 101 Å². The number of nitrogens with one attached hydrogen (secondary N) is 1. The minimum absolute atomic E-state index is 0.132. The molecule has 1 fully saturated rings. The predicted octanol–water partition coefficient (Wildman–Crippen LogP) is 2.27. The zero-order valence-electron chi connectivity index (χ0n) is 20.9. The summed E-state index contributed by atoms with van der Waals surface area (Å²) in [5.74, 6) is -0.0508. The third kappa shape index (κ3) is 6.58.